The van der Waals surface area contributed by atoms with Crippen LogP contribution in [0.5, 0.6) is 0 Å². The molecule has 122 valence electrons. The number of amides is 1. The number of carbonyl (C=O) groups excluding carboxylic acids is 1. The maximum absolute atomic E-state index is 12.9. The molecule has 1 aromatic carbocycles. The molecule has 5 nitrogen and oxygen atoms in total. The van der Waals surface area contributed by atoms with E-state index in [1.165, 1.54) is 0 Å². The van der Waals surface area contributed by atoms with Crippen LogP contribution < -0.4 is 0 Å². The average molecular weight is 315 g/mol. The molecule has 2 heterocycles. The van der Waals surface area contributed by atoms with Crippen LogP contribution in [0.3, 0.4) is 0 Å². The van der Waals surface area contributed by atoms with E-state index < -0.39 is 18.0 Å². The van der Waals surface area contributed by atoms with Gasteiger partial charge >= 0.3 is 5.97 Å². The fourth-order valence-corrected chi connectivity index (χ4v) is 4.04. The summed E-state index contributed by atoms with van der Waals surface area (Å²) >= 11 is 0. The lowest BCUT2D eigenvalue weighted by atomic mass is 9.92. The predicted octanol–water partition coefficient (Wildman–Crippen LogP) is 1.87. The Balaban J connectivity index is 1.55. The van der Waals surface area contributed by atoms with Crippen LogP contribution in [0.4, 0.5) is 0 Å². The highest BCUT2D eigenvalue weighted by molar-refractivity contribution is 5.84. The fraction of sp³-hybridized carbons (Fsp3) is 0.556. The largest absolute Gasteiger partial charge is 0.481 e. The summed E-state index contributed by atoms with van der Waals surface area (Å²) in [5, 5.41) is 9.46. The maximum atomic E-state index is 12.9. The third kappa shape index (κ3) is 2.63. The van der Waals surface area contributed by atoms with Crippen molar-refractivity contribution in [2.24, 2.45) is 17.8 Å². The quantitative estimate of drug-likeness (QED) is 0.925. The van der Waals surface area contributed by atoms with Gasteiger partial charge in [-0.3, -0.25) is 9.59 Å². The number of nitrogens with zero attached hydrogens (tertiary/aromatic N) is 1. The van der Waals surface area contributed by atoms with E-state index in [1.807, 2.05) is 24.3 Å². The third-order valence-electron chi connectivity index (χ3n) is 5.44. The number of ether oxygens (including phenoxy) is 1. The van der Waals surface area contributed by atoms with Gasteiger partial charge < -0.3 is 14.7 Å². The van der Waals surface area contributed by atoms with E-state index in [0.717, 1.165) is 30.4 Å². The number of carbonyl (C=O) groups is 2. The van der Waals surface area contributed by atoms with Crippen LogP contribution in [0.15, 0.2) is 24.3 Å². The van der Waals surface area contributed by atoms with E-state index in [9.17, 15) is 14.7 Å². The number of hydrogen-bond donors (Lipinski definition) is 1. The second-order valence-electron chi connectivity index (χ2n) is 6.89. The Morgan fingerprint density at radius 1 is 1.17 bits per heavy atom. The van der Waals surface area contributed by atoms with Crippen molar-refractivity contribution in [1.82, 2.24) is 4.90 Å². The zero-order valence-corrected chi connectivity index (χ0v) is 13.0. The first-order valence-electron chi connectivity index (χ1n) is 8.36. The first-order chi connectivity index (χ1) is 11.1. The monoisotopic (exact) mass is 315 g/mol. The van der Waals surface area contributed by atoms with Gasteiger partial charge in [0.25, 0.3) is 5.91 Å². The number of carboxylic acids is 1. The summed E-state index contributed by atoms with van der Waals surface area (Å²) in [6, 6.07) is 7.88. The molecule has 1 amide bonds. The number of hydrogen-bond acceptors (Lipinski definition) is 3. The lowest BCUT2D eigenvalue weighted by molar-refractivity contribution is -0.145. The zero-order chi connectivity index (χ0) is 16.0. The molecule has 23 heavy (non-hydrogen) atoms. The van der Waals surface area contributed by atoms with Crippen molar-refractivity contribution in [2.45, 2.75) is 25.4 Å². The highest BCUT2D eigenvalue weighted by Gasteiger charge is 2.48. The Morgan fingerprint density at radius 2 is 1.96 bits per heavy atom. The second kappa shape index (κ2) is 5.64. The number of fused-ring (bicyclic) bond motifs is 1. The van der Waals surface area contributed by atoms with Crippen molar-refractivity contribution in [2.75, 3.05) is 19.7 Å². The van der Waals surface area contributed by atoms with Crippen LogP contribution in [-0.4, -0.2) is 41.6 Å². The summed E-state index contributed by atoms with van der Waals surface area (Å²) in [7, 11) is 0. The summed E-state index contributed by atoms with van der Waals surface area (Å²) in [6.07, 6.45) is 2.44. The standard InChI is InChI=1S/C18H21NO4/c20-17(16-13-4-2-1-3-11(13)7-8-23-16)19-9-14(12-5-6-12)15(10-19)18(21)22/h1-4,12,14-16H,5-10H2,(H,21,22)/t14-,15+,16?/m1/s1. The Kier molecular flexibility index (Phi) is 3.60. The number of benzene rings is 1. The number of rotatable bonds is 3. The lowest BCUT2D eigenvalue weighted by Gasteiger charge is -2.28. The maximum Gasteiger partial charge on any atom is 0.308 e. The van der Waals surface area contributed by atoms with Crippen molar-refractivity contribution >= 4 is 11.9 Å². The van der Waals surface area contributed by atoms with Crippen molar-refractivity contribution in [3.8, 4) is 0 Å². The van der Waals surface area contributed by atoms with Gasteiger partial charge in [0.05, 0.1) is 12.5 Å². The summed E-state index contributed by atoms with van der Waals surface area (Å²) in [5.41, 5.74) is 2.09. The van der Waals surface area contributed by atoms with Crippen molar-refractivity contribution in [3.63, 3.8) is 0 Å². The fourth-order valence-electron chi connectivity index (χ4n) is 4.04. The molecule has 0 radical (unpaired) electrons. The Labute approximate surface area is 135 Å². The van der Waals surface area contributed by atoms with E-state index in [0.29, 0.717) is 25.6 Å². The Hall–Kier alpha value is -1.88. The van der Waals surface area contributed by atoms with E-state index in [2.05, 4.69) is 0 Å². The van der Waals surface area contributed by atoms with Gasteiger partial charge in [0, 0.05) is 13.1 Å². The van der Waals surface area contributed by atoms with E-state index in [1.54, 1.807) is 4.90 Å². The van der Waals surface area contributed by atoms with E-state index >= 15 is 0 Å². The molecule has 2 fully saturated rings. The van der Waals surface area contributed by atoms with Crippen molar-refractivity contribution in [3.05, 3.63) is 35.4 Å². The molecule has 5 heteroatoms. The molecule has 1 aliphatic carbocycles. The first kappa shape index (κ1) is 14.7. The van der Waals surface area contributed by atoms with Gasteiger partial charge in [0.2, 0.25) is 0 Å². The number of likely N-dealkylation sites (tertiary alicyclic amines) is 1. The molecule has 3 aliphatic rings. The van der Waals surface area contributed by atoms with Gasteiger partial charge in [-0.15, -0.1) is 0 Å². The molecule has 1 saturated carbocycles. The minimum atomic E-state index is -0.776. The average Bonchev–Trinajstić information content (AvgIpc) is 3.31. The third-order valence-corrected chi connectivity index (χ3v) is 5.44. The molecule has 1 saturated heterocycles. The molecule has 4 rings (SSSR count). The molecule has 0 spiro atoms. The zero-order valence-electron chi connectivity index (χ0n) is 13.0. The summed E-state index contributed by atoms with van der Waals surface area (Å²) < 4.78 is 5.75. The van der Waals surface area contributed by atoms with Crippen molar-refractivity contribution in [1.29, 1.82) is 0 Å². The van der Waals surface area contributed by atoms with E-state index in [-0.39, 0.29) is 11.8 Å². The SMILES string of the molecule is O=C(O)[C@H]1CN(C(=O)C2OCCc3ccccc32)C[C@@H]1C1CC1. The smallest absolute Gasteiger partial charge is 0.308 e. The Bertz CT molecular complexity index is 640. The number of aliphatic carboxylic acids is 1. The summed E-state index contributed by atoms with van der Waals surface area (Å²) in [4.78, 5) is 26.2. The molecule has 0 bridgehead atoms. The lowest BCUT2D eigenvalue weighted by Crippen LogP contribution is -2.37. The Morgan fingerprint density at radius 3 is 2.70 bits per heavy atom. The van der Waals surface area contributed by atoms with Crippen LogP contribution in [0, 0.1) is 17.8 Å². The van der Waals surface area contributed by atoms with Gasteiger partial charge in [-0.05, 0) is 42.2 Å². The van der Waals surface area contributed by atoms with Crippen LogP contribution in [-0.2, 0) is 20.7 Å². The van der Waals surface area contributed by atoms with Gasteiger partial charge in [-0.25, -0.2) is 0 Å². The van der Waals surface area contributed by atoms with E-state index in [4.69, 9.17) is 4.74 Å². The molecule has 2 aliphatic heterocycles. The minimum absolute atomic E-state index is 0.0773. The van der Waals surface area contributed by atoms with Gasteiger partial charge in [-0.1, -0.05) is 24.3 Å². The summed E-state index contributed by atoms with van der Waals surface area (Å²) in [6.45, 7) is 1.41. The number of carboxylic acid groups (broad SMARTS) is 1. The van der Waals surface area contributed by atoms with Crippen LogP contribution in [0.2, 0.25) is 0 Å². The molecule has 1 aromatic rings. The van der Waals surface area contributed by atoms with Crippen LogP contribution >= 0.6 is 0 Å². The second-order valence-corrected chi connectivity index (χ2v) is 6.89. The molecular weight excluding hydrogens is 294 g/mol. The topological polar surface area (TPSA) is 66.8 Å². The predicted molar refractivity (Wildman–Crippen MR) is 82.8 cm³/mol. The molecule has 1 N–H and O–H groups in total. The normalized spacial score (nSPS) is 30.1. The highest BCUT2D eigenvalue weighted by Crippen LogP contribution is 2.44. The van der Waals surface area contributed by atoms with Gasteiger partial charge in [0.1, 0.15) is 0 Å². The first-order valence-corrected chi connectivity index (χ1v) is 8.36. The minimum Gasteiger partial charge on any atom is -0.481 e. The molecule has 0 aromatic heterocycles. The highest BCUT2D eigenvalue weighted by atomic mass is 16.5. The van der Waals surface area contributed by atoms with Crippen LogP contribution in [0.25, 0.3) is 0 Å². The molecule has 3 atom stereocenters. The summed E-state index contributed by atoms with van der Waals surface area (Å²) in [5.74, 6) is -0.692. The molecule has 1 unspecified atom stereocenters. The molecular formula is C18H21NO4. The van der Waals surface area contributed by atoms with Crippen LogP contribution in [0.1, 0.15) is 30.1 Å². The van der Waals surface area contributed by atoms with Crippen molar-refractivity contribution < 1.29 is 19.4 Å². The van der Waals surface area contributed by atoms with Gasteiger partial charge in [0.15, 0.2) is 6.10 Å². The van der Waals surface area contributed by atoms with Gasteiger partial charge in [-0.2, -0.15) is 0 Å².